The summed E-state index contributed by atoms with van der Waals surface area (Å²) in [4.78, 5) is 25.5. The molecule has 7 heteroatoms. The minimum absolute atomic E-state index is 0.199. The maximum Gasteiger partial charge on any atom is 0.248 e. The number of para-hydroxylation sites is 1. The van der Waals surface area contributed by atoms with Gasteiger partial charge in [0.2, 0.25) is 5.56 Å². The summed E-state index contributed by atoms with van der Waals surface area (Å²) < 4.78 is 20.0. The van der Waals surface area contributed by atoms with Crippen molar-refractivity contribution in [2.45, 2.75) is 13.1 Å². The van der Waals surface area contributed by atoms with Crippen molar-refractivity contribution in [2.24, 2.45) is 0 Å². The predicted molar refractivity (Wildman–Crippen MR) is 121 cm³/mol. The van der Waals surface area contributed by atoms with Crippen LogP contribution in [0.3, 0.4) is 0 Å². The molecule has 6 nitrogen and oxygen atoms in total. The molecule has 0 spiro atoms. The molecule has 0 amide bonds. The maximum absolute atomic E-state index is 14.3. The Balaban J connectivity index is 1.59. The van der Waals surface area contributed by atoms with Crippen LogP contribution in [0.25, 0.3) is 22.2 Å². The first kappa shape index (κ1) is 19.7. The summed E-state index contributed by atoms with van der Waals surface area (Å²) in [6.07, 6.45) is 6.54. The Morgan fingerprint density at radius 2 is 1.84 bits per heavy atom. The minimum Gasteiger partial charge on any atom is -0.464 e. The van der Waals surface area contributed by atoms with Gasteiger partial charge in [-0.05, 0) is 29.3 Å². The lowest BCUT2D eigenvalue weighted by atomic mass is 10.0. The van der Waals surface area contributed by atoms with Crippen molar-refractivity contribution >= 4 is 16.7 Å². The summed E-state index contributed by atoms with van der Waals surface area (Å²) in [5.74, 6) is 0.950. The molecule has 0 unspecified atom stereocenters. The molecule has 0 atom stereocenters. The largest absolute Gasteiger partial charge is 0.464 e. The van der Waals surface area contributed by atoms with Gasteiger partial charge in [-0.2, -0.15) is 0 Å². The van der Waals surface area contributed by atoms with Crippen LogP contribution in [0.15, 0.2) is 94.7 Å². The smallest absolute Gasteiger partial charge is 0.248 e. The van der Waals surface area contributed by atoms with Gasteiger partial charge in [0.25, 0.3) is 0 Å². The lowest BCUT2D eigenvalue weighted by Gasteiger charge is -2.25. The molecule has 0 bridgehead atoms. The van der Waals surface area contributed by atoms with Crippen LogP contribution in [0.5, 0.6) is 0 Å². The summed E-state index contributed by atoms with van der Waals surface area (Å²) in [5.41, 5.74) is 2.53. The van der Waals surface area contributed by atoms with E-state index in [9.17, 15) is 9.18 Å². The second kappa shape index (κ2) is 8.47. The van der Waals surface area contributed by atoms with Crippen molar-refractivity contribution in [2.75, 3.05) is 4.90 Å². The van der Waals surface area contributed by atoms with Gasteiger partial charge in [0.1, 0.15) is 17.4 Å². The van der Waals surface area contributed by atoms with Crippen LogP contribution in [-0.4, -0.2) is 15.0 Å². The molecule has 0 aliphatic carbocycles. The number of hydrogen-bond donors (Lipinski definition) is 1. The van der Waals surface area contributed by atoms with Crippen molar-refractivity contribution in [1.82, 2.24) is 15.0 Å². The van der Waals surface area contributed by atoms with E-state index in [1.165, 1.54) is 12.1 Å². The number of H-pyrrole nitrogens is 1. The zero-order chi connectivity index (χ0) is 21.9. The summed E-state index contributed by atoms with van der Waals surface area (Å²) in [6, 6.07) is 18.0. The van der Waals surface area contributed by atoms with E-state index in [-0.39, 0.29) is 11.1 Å². The van der Waals surface area contributed by atoms with E-state index in [1.807, 2.05) is 41.3 Å². The molecule has 5 aromatic rings. The van der Waals surface area contributed by atoms with Crippen molar-refractivity contribution in [3.8, 4) is 11.3 Å². The maximum atomic E-state index is 14.3. The second-order valence-corrected chi connectivity index (χ2v) is 7.38. The van der Waals surface area contributed by atoms with Gasteiger partial charge in [0, 0.05) is 42.5 Å². The fourth-order valence-corrected chi connectivity index (χ4v) is 3.86. The van der Waals surface area contributed by atoms with Crippen molar-refractivity contribution in [3.05, 3.63) is 113 Å². The SMILES string of the molecule is O=c1cc(CN(Cc2ccccc2-c2ccco2)c2cnccn2)c2cccc(F)c2[nH]1. The van der Waals surface area contributed by atoms with E-state index in [1.54, 1.807) is 37.0 Å². The third kappa shape index (κ3) is 3.88. The van der Waals surface area contributed by atoms with E-state index in [0.29, 0.717) is 29.9 Å². The molecule has 5 rings (SSSR count). The molecule has 0 saturated heterocycles. The molecule has 3 aromatic heterocycles. The molecule has 0 fully saturated rings. The Morgan fingerprint density at radius 3 is 2.66 bits per heavy atom. The average molecular weight is 426 g/mol. The Bertz CT molecular complexity index is 1420. The van der Waals surface area contributed by atoms with Gasteiger partial charge >= 0.3 is 0 Å². The standard InChI is InChI=1S/C25H19FN4O2/c26-21-8-3-7-20-18(13-24(31)29-25(20)21)16-30(23-14-27-10-11-28-23)15-17-5-1-2-6-19(17)22-9-4-12-32-22/h1-14H,15-16H2,(H,29,31). The van der Waals surface area contributed by atoms with Gasteiger partial charge in [0.05, 0.1) is 18.0 Å². The third-order valence-corrected chi connectivity index (χ3v) is 5.31. The number of pyridine rings is 1. The van der Waals surface area contributed by atoms with Crippen molar-refractivity contribution in [3.63, 3.8) is 0 Å². The van der Waals surface area contributed by atoms with Crippen LogP contribution in [0, 0.1) is 5.82 Å². The average Bonchev–Trinajstić information content (AvgIpc) is 3.35. The molecule has 1 N–H and O–H groups in total. The second-order valence-electron chi connectivity index (χ2n) is 7.38. The van der Waals surface area contributed by atoms with Crippen LogP contribution in [-0.2, 0) is 13.1 Å². The highest BCUT2D eigenvalue weighted by Gasteiger charge is 2.16. The first-order valence-corrected chi connectivity index (χ1v) is 10.1. The fraction of sp³-hybridized carbons (Fsp3) is 0.0800. The summed E-state index contributed by atoms with van der Waals surface area (Å²) >= 11 is 0. The highest BCUT2D eigenvalue weighted by Crippen LogP contribution is 2.28. The molecular formula is C25H19FN4O2. The van der Waals surface area contributed by atoms with Crippen LogP contribution in [0.2, 0.25) is 0 Å². The molecule has 2 aromatic carbocycles. The number of anilines is 1. The highest BCUT2D eigenvalue weighted by atomic mass is 19.1. The summed E-state index contributed by atoms with van der Waals surface area (Å²) in [5, 5.41) is 0.651. The molecule has 0 saturated carbocycles. The van der Waals surface area contributed by atoms with Gasteiger partial charge in [-0.15, -0.1) is 0 Å². The zero-order valence-corrected chi connectivity index (χ0v) is 17.0. The molecule has 3 heterocycles. The van der Waals surface area contributed by atoms with Gasteiger partial charge in [-0.25, -0.2) is 9.37 Å². The van der Waals surface area contributed by atoms with E-state index < -0.39 is 5.82 Å². The highest BCUT2D eigenvalue weighted by molar-refractivity contribution is 5.82. The molecule has 32 heavy (non-hydrogen) atoms. The Hall–Kier alpha value is -4.26. The van der Waals surface area contributed by atoms with Crippen LogP contribution in [0.1, 0.15) is 11.1 Å². The van der Waals surface area contributed by atoms with E-state index >= 15 is 0 Å². The van der Waals surface area contributed by atoms with Gasteiger partial charge in [-0.1, -0.05) is 36.4 Å². The Labute approximate surface area is 183 Å². The number of fused-ring (bicyclic) bond motifs is 1. The Kier molecular flexibility index (Phi) is 5.21. The fourth-order valence-electron chi connectivity index (χ4n) is 3.86. The molecule has 158 valence electrons. The first-order chi connectivity index (χ1) is 15.7. The number of halogens is 1. The van der Waals surface area contributed by atoms with E-state index in [4.69, 9.17) is 4.42 Å². The van der Waals surface area contributed by atoms with E-state index in [0.717, 1.165) is 16.9 Å². The number of rotatable bonds is 6. The van der Waals surface area contributed by atoms with Crippen LogP contribution in [0.4, 0.5) is 10.2 Å². The topological polar surface area (TPSA) is 75.0 Å². The lowest BCUT2D eigenvalue weighted by molar-refractivity contribution is 0.581. The summed E-state index contributed by atoms with van der Waals surface area (Å²) in [7, 11) is 0. The van der Waals surface area contributed by atoms with E-state index in [2.05, 4.69) is 15.0 Å². The van der Waals surface area contributed by atoms with Gasteiger partial charge in [0.15, 0.2) is 0 Å². The number of benzene rings is 2. The number of furan rings is 1. The van der Waals surface area contributed by atoms with Gasteiger partial charge in [-0.3, -0.25) is 9.78 Å². The number of aromatic nitrogens is 3. The molecule has 0 aliphatic rings. The van der Waals surface area contributed by atoms with Crippen molar-refractivity contribution in [1.29, 1.82) is 0 Å². The van der Waals surface area contributed by atoms with Gasteiger partial charge < -0.3 is 14.3 Å². The molecule has 0 aliphatic heterocycles. The summed E-state index contributed by atoms with van der Waals surface area (Å²) in [6.45, 7) is 0.828. The molecule has 0 radical (unpaired) electrons. The normalized spacial score (nSPS) is 11.0. The lowest BCUT2D eigenvalue weighted by Crippen LogP contribution is -2.25. The minimum atomic E-state index is -0.462. The Morgan fingerprint density at radius 1 is 0.969 bits per heavy atom. The predicted octanol–water partition coefficient (Wildman–Crippen LogP) is 4.92. The van der Waals surface area contributed by atoms with Crippen LogP contribution >= 0.6 is 0 Å². The van der Waals surface area contributed by atoms with Crippen LogP contribution < -0.4 is 10.5 Å². The number of aromatic amines is 1. The zero-order valence-electron chi connectivity index (χ0n) is 17.0. The third-order valence-electron chi connectivity index (χ3n) is 5.31. The first-order valence-electron chi connectivity index (χ1n) is 10.1. The quantitative estimate of drug-likeness (QED) is 0.417. The number of nitrogens with zero attached hydrogens (tertiary/aromatic N) is 3. The molecular weight excluding hydrogens is 407 g/mol. The number of nitrogens with one attached hydrogen (secondary N) is 1. The van der Waals surface area contributed by atoms with Crippen molar-refractivity contribution < 1.29 is 8.81 Å². The monoisotopic (exact) mass is 426 g/mol. The number of hydrogen-bond acceptors (Lipinski definition) is 5.